The predicted octanol–water partition coefficient (Wildman–Crippen LogP) is 3.04. The number of amides is 1. The molecule has 0 bridgehead atoms. The molecule has 1 atom stereocenters. The summed E-state index contributed by atoms with van der Waals surface area (Å²) in [4.78, 5) is 12.2. The first kappa shape index (κ1) is 14.3. The van der Waals surface area contributed by atoms with Gasteiger partial charge in [-0.25, -0.2) is 0 Å². The van der Waals surface area contributed by atoms with Gasteiger partial charge >= 0.3 is 0 Å². The first-order valence-corrected chi connectivity index (χ1v) is 6.85. The minimum atomic E-state index is -0.109. The van der Waals surface area contributed by atoms with Crippen LogP contribution in [0.15, 0.2) is 34.9 Å². The number of aromatic nitrogens is 1. The largest absolute Gasteiger partial charge is 0.361 e. The standard InChI is InChI=1S/C16H20N2O2/c1-11(9-10-14-7-5-4-6-8-14)17-16(19)15-12(2)18-20-13(15)3/h4-8,11H,9-10H2,1-3H3,(H,17,19). The monoisotopic (exact) mass is 272 g/mol. The Morgan fingerprint density at radius 3 is 2.60 bits per heavy atom. The van der Waals surface area contributed by atoms with E-state index < -0.39 is 0 Å². The lowest BCUT2D eigenvalue weighted by atomic mass is 10.1. The highest BCUT2D eigenvalue weighted by molar-refractivity contribution is 5.96. The van der Waals surface area contributed by atoms with Crippen molar-refractivity contribution in [2.75, 3.05) is 0 Å². The summed E-state index contributed by atoms with van der Waals surface area (Å²) in [6, 6.07) is 10.4. The average molecular weight is 272 g/mol. The maximum absolute atomic E-state index is 12.2. The highest BCUT2D eigenvalue weighted by atomic mass is 16.5. The van der Waals surface area contributed by atoms with Crippen molar-refractivity contribution in [1.29, 1.82) is 0 Å². The maximum Gasteiger partial charge on any atom is 0.256 e. The Kier molecular flexibility index (Phi) is 4.56. The third-order valence-corrected chi connectivity index (χ3v) is 3.35. The first-order valence-electron chi connectivity index (χ1n) is 6.85. The predicted molar refractivity (Wildman–Crippen MR) is 77.7 cm³/mol. The Labute approximate surface area is 119 Å². The van der Waals surface area contributed by atoms with E-state index in [9.17, 15) is 4.79 Å². The molecule has 20 heavy (non-hydrogen) atoms. The normalized spacial score (nSPS) is 12.2. The highest BCUT2D eigenvalue weighted by Crippen LogP contribution is 2.12. The number of carbonyl (C=O) groups is 1. The zero-order chi connectivity index (χ0) is 14.5. The number of carbonyl (C=O) groups excluding carboxylic acids is 1. The zero-order valence-corrected chi connectivity index (χ0v) is 12.1. The minimum absolute atomic E-state index is 0.108. The molecule has 0 aliphatic heterocycles. The molecule has 0 aliphatic rings. The topological polar surface area (TPSA) is 55.1 Å². The molecule has 0 radical (unpaired) electrons. The quantitative estimate of drug-likeness (QED) is 0.910. The summed E-state index contributed by atoms with van der Waals surface area (Å²) in [5.41, 5.74) is 2.47. The van der Waals surface area contributed by atoms with E-state index >= 15 is 0 Å². The van der Waals surface area contributed by atoms with Gasteiger partial charge in [0.25, 0.3) is 5.91 Å². The molecule has 4 nitrogen and oxygen atoms in total. The Bertz CT molecular complexity index is 556. The highest BCUT2D eigenvalue weighted by Gasteiger charge is 2.18. The van der Waals surface area contributed by atoms with E-state index in [1.807, 2.05) is 25.1 Å². The summed E-state index contributed by atoms with van der Waals surface area (Å²) in [6.07, 6.45) is 1.85. The summed E-state index contributed by atoms with van der Waals surface area (Å²) < 4.78 is 5.02. The van der Waals surface area contributed by atoms with Gasteiger partial charge in [0, 0.05) is 6.04 Å². The van der Waals surface area contributed by atoms with Crippen LogP contribution in [0.2, 0.25) is 0 Å². The summed E-state index contributed by atoms with van der Waals surface area (Å²) in [6.45, 7) is 5.54. The lowest BCUT2D eigenvalue weighted by Gasteiger charge is -2.13. The van der Waals surface area contributed by atoms with Gasteiger partial charge in [0.15, 0.2) is 0 Å². The molecule has 2 aromatic rings. The van der Waals surface area contributed by atoms with Crippen molar-refractivity contribution < 1.29 is 9.32 Å². The molecule has 106 valence electrons. The number of nitrogens with zero attached hydrogens (tertiary/aromatic N) is 1. The van der Waals surface area contributed by atoms with Crippen LogP contribution in [0.4, 0.5) is 0 Å². The fourth-order valence-corrected chi connectivity index (χ4v) is 2.20. The van der Waals surface area contributed by atoms with Gasteiger partial charge in [-0.3, -0.25) is 4.79 Å². The number of benzene rings is 1. The van der Waals surface area contributed by atoms with E-state index in [1.165, 1.54) is 5.56 Å². The minimum Gasteiger partial charge on any atom is -0.361 e. The Morgan fingerprint density at radius 2 is 2.00 bits per heavy atom. The molecule has 0 aliphatic carbocycles. The molecule has 1 N–H and O–H groups in total. The molecule has 2 rings (SSSR count). The van der Waals surface area contributed by atoms with Gasteiger partial charge in [-0.2, -0.15) is 0 Å². The van der Waals surface area contributed by atoms with Gasteiger partial charge in [0.05, 0.1) is 5.69 Å². The molecule has 1 heterocycles. The molecule has 0 spiro atoms. The molecular weight excluding hydrogens is 252 g/mol. The van der Waals surface area contributed by atoms with Crippen LogP contribution >= 0.6 is 0 Å². The van der Waals surface area contributed by atoms with E-state index in [0.29, 0.717) is 17.0 Å². The third-order valence-electron chi connectivity index (χ3n) is 3.35. The average Bonchev–Trinajstić information content (AvgIpc) is 2.77. The lowest BCUT2D eigenvalue weighted by molar-refractivity contribution is 0.0936. The Balaban J connectivity index is 1.89. The number of hydrogen-bond donors (Lipinski definition) is 1. The summed E-state index contributed by atoms with van der Waals surface area (Å²) in [7, 11) is 0. The van der Waals surface area contributed by atoms with E-state index in [2.05, 4.69) is 22.6 Å². The van der Waals surface area contributed by atoms with Gasteiger partial charge in [0.1, 0.15) is 11.3 Å². The molecule has 1 unspecified atom stereocenters. The molecule has 0 fully saturated rings. The van der Waals surface area contributed by atoms with Crippen molar-refractivity contribution in [3.63, 3.8) is 0 Å². The van der Waals surface area contributed by atoms with Crippen molar-refractivity contribution >= 4 is 5.91 Å². The van der Waals surface area contributed by atoms with Crippen LogP contribution < -0.4 is 5.32 Å². The second-order valence-electron chi connectivity index (χ2n) is 5.10. The summed E-state index contributed by atoms with van der Waals surface area (Å²) >= 11 is 0. The summed E-state index contributed by atoms with van der Waals surface area (Å²) in [5, 5.41) is 6.80. The van der Waals surface area contributed by atoms with Gasteiger partial charge < -0.3 is 9.84 Å². The van der Waals surface area contributed by atoms with Crippen LogP contribution in [0.25, 0.3) is 0 Å². The molecule has 0 saturated carbocycles. The van der Waals surface area contributed by atoms with E-state index in [1.54, 1.807) is 13.8 Å². The first-order chi connectivity index (χ1) is 9.58. The molecule has 4 heteroatoms. The number of aryl methyl sites for hydroxylation is 3. The number of nitrogens with one attached hydrogen (secondary N) is 1. The van der Waals surface area contributed by atoms with Crippen LogP contribution in [0.1, 0.15) is 40.7 Å². The van der Waals surface area contributed by atoms with Crippen LogP contribution in [-0.2, 0) is 6.42 Å². The second-order valence-corrected chi connectivity index (χ2v) is 5.10. The lowest BCUT2D eigenvalue weighted by Crippen LogP contribution is -2.33. The van der Waals surface area contributed by atoms with Crippen LogP contribution in [-0.4, -0.2) is 17.1 Å². The SMILES string of the molecule is Cc1noc(C)c1C(=O)NC(C)CCc1ccccc1. The van der Waals surface area contributed by atoms with Crippen molar-refractivity contribution in [1.82, 2.24) is 10.5 Å². The number of hydrogen-bond acceptors (Lipinski definition) is 3. The number of rotatable bonds is 5. The van der Waals surface area contributed by atoms with Gasteiger partial charge in [0.2, 0.25) is 0 Å². The Morgan fingerprint density at radius 1 is 1.30 bits per heavy atom. The van der Waals surface area contributed by atoms with E-state index in [0.717, 1.165) is 12.8 Å². The van der Waals surface area contributed by atoms with Crippen molar-refractivity contribution in [2.24, 2.45) is 0 Å². The van der Waals surface area contributed by atoms with Crippen molar-refractivity contribution in [2.45, 2.75) is 39.7 Å². The molecule has 1 aromatic heterocycles. The van der Waals surface area contributed by atoms with Crippen molar-refractivity contribution in [3.8, 4) is 0 Å². The van der Waals surface area contributed by atoms with E-state index in [4.69, 9.17) is 4.52 Å². The molecule has 0 saturated heterocycles. The smallest absolute Gasteiger partial charge is 0.256 e. The van der Waals surface area contributed by atoms with E-state index in [-0.39, 0.29) is 11.9 Å². The van der Waals surface area contributed by atoms with Gasteiger partial charge in [-0.05, 0) is 39.2 Å². The maximum atomic E-state index is 12.2. The fraction of sp³-hybridized carbons (Fsp3) is 0.375. The van der Waals surface area contributed by atoms with Crippen LogP contribution in [0.5, 0.6) is 0 Å². The van der Waals surface area contributed by atoms with Gasteiger partial charge in [-0.15, -0.1) is 0 Å². The molecule has 1 aromatic carbocycles. The van der Waals surface area contributed by atoms with Crippen LogP contribution in [0.3, 0.4) is 0 Å². The second kappa shape index (κ2) is 6.37. The third kappa shape index (κ3) is 3.47. The van der Waals surface area contributed by atoms with Gasteiger partial charge in [-0.1, -0.05) is 35.5 Å². The van der Waals surface area contributed by atoms with Crippen LogP contribution in [0, 0.1) is 13.8 Å². The fourth-order valence-electron chi connectivity index (χ4n) is 2.20. The zero-order valence-electron chi connectivity index (χ0n) is 12.1. The molecular formula is C16H20N2O2. The molecule has 1 amide bonds. The summed E-state index contributed by atoms with van der Waals surface area (Å²) in [5.74, 6) is 0.456. The Hall–Kier alpha value is -2.10. The van der Waals surface area contributed by atoms with Crippen molar-refractivity contribution in [3.05, 3.63) is 52.9 Å².